The van der Waals surface area contributed by atoms with Crippen LogP contribution in [0.4, 0.5) is 0 Å². The van der Waals surface area contributed by atoms with E-state index < -0.39 is 0 Å². The summed E-state index contributed by atoms with van der Waals surface area (Å²) in [5, 5.41) is 0. The van der Waals surface area contributed by atoms with E-state index in [0.29, 0.717) is 13.2 Å². The summed E-state index contributed by atoms with van der Waals surface area (Å²) in [5.41, 5.74) is 0.952. The highest BCUT2D eigenvalue weighted by atomic mass is 16.5. The third-order valence-corrected chi connectivity index (χ3v) is 3.19. The van der Waals surface area contributed by atoms with E-state index in [1.54, 1.807) is 0 Å². The maximum atomic E-state index is 11.0. The van der Waals surface area contributed by atoms with Crippen molar-refractivity contribution >= 4 is 6.29 Å². The normalized spacial score (nSPS) is 14.7. The van der Waals surface area contributed by atoms with E-state index in [9.17, 15) is 4.79 Å². The predicted molar refractivity (Wildman–Crippen MR) is 85.2 cm³/mol. The summed E-state index contributed by atoms with van der Waals surface area (Å²) >= 11 is 0. The Bertz CT molecular complexity index is 395. The minimum atomic E-state index is -0.229. The molecule has 0 amide bonds. The zero-order valence-electron chi connectivity index (χ0n) is 13.7. The first-order chi connectivity index (χ1) is 9.92. The maximum Gasteiger partial charge on any atom is 0.125 e. The molecule has 0 aliphatic heterocycles. The Hall–Kier alpha value is -1.19. The number of hydrogen-bond donors (Lipinski definition) is 0. The fourth-order valence-corrected chi connectivity index (χ4v) is 2.12. The van der Waals surface area contributed by atoms with E-state index in [-0.39, 0.29) is 17.6 Å². The van der Waals surface area contributed by atoms with Crippen molar-refractivity contribution in [2.45, 2.75) is 58.8 Å². The highest BCUT2D eigenvalue weighted by Gasteiger charge is 2.23. The van der Waals surface area contributed by atoms with Crippen molar-refractivity contribution in [1.29, 1.82) is 0 Å². The summed E-state index contributed by atoms with van der Waals surface area (Å²) < 4.78 is 11.6. The summed E-state index contributed by atoms with van der Waals surface area (Å²) in [6.07, 6.45) is 2.67. The van der Waals surface area contributed by atoms with E-state index in [4.69, 9.17) is 9.47 Å². The summed E-state index contributed by atoms with van der Waals surface area (Å²) in [6, 6.07) is 10.1. The Balaban J connectivity index is 2.28. The van der Waals surface area contributed by atoms with Crippen LogP contribution in [-0.4, -0.2) is 24.6 Å². The molecule has 0 saturated carbocycles. The van der Waals surface area contributed by atoms with Gasteiger partial charge >= 0.3 is 0 Å². The molecule has 3 nitrogen and oxygen atoms in total. The van der Waals surface area contributed by atoms with Crippen molar-refractivity contribution in [3.8, 4) is 0 Å². The Morgan fingerprint density at radius 2 is 1.86 bits per heavy atom. The average molecular weight is 292 g/mol. The van der Waals surface area contributed by atoms with Crippen molar-refractivity contribution < 1.29 is 14.3 Å². The lowest BCUT2D eigenvalue weighted by atomic mass is 10.0. The molecule has 0 unspecified atom stereocenters. The Morgan fingerprint density at radius 1 is 1.19 bits per heavy atom. The lowest BCUT2D eigenvalue weighted by Crippen LogP contribution is -2.32. The topological polar surface area (TPSA) is 35.5 Å². The van der Waals surface area contributed by atoms with Crippen molar-refractivity contribution in [3.63, 3.8) is 0 Å². The lowest BCUT2D eigenvalue weighted by molar-refractivity contribution is -0.123. The molecular formula is C18H28O3. The lowest BCUT2D eigenvalue weighted by Gasteiger charge is -2.29. The summed E-state index contributed by atoms with van der Waals surface area (Å²) in [7, 11) is 0. The number of carbonyl (C=O) groups is 1. The molecule has 0 N–H and O–H groups in total. The number of benzene rings is 1. The van der Waals surface area contributed by atoms with Gasteiger partial charge in [-0.25, -0.2) is 0 Å². The molecule has 118 valence electrons. The van der Waals surface area contributed by atoms with E-state index in [2.05, 4.69) is 12.1 Å². The first-order valence-corrected chi connectivity index (χ1v) is 7.67. The molecule has 0 bridgehead atoms. The van der Waals surface area contributed by atoms with Crippen LogP contribution >= 0.6 is 0 Å². The summed E-state index contributed by atoms with van der Waals surface area (Å²) in [6.45, 7) is 9.28. The van der Waals surface area contributed by atoms with Crippen molar-refractivity contribution in [1.82, 2.24) is 0 Å². The fourth-order valence-electron chi connectivity index (χ4n) is 2.12. The smallest absolute Gasteiger partial charge is 0.125 e. The average Bonchev–Trinajstić information content (AvgIpc) is 2.44. The number of ether oxygens (including phenoxy) is 2. The van der Waals surface area contributed by atoms with Crippen LogP contribution in [0.5, 0.6) is 0 Å². The first kappa shape index (κ1) is 17.9. The monoisotopic (exact) mass is 292 g/mol. The molecule has 1 rings (SSSR count). The minimum absolute atomic E-state index is 0.0391. The van der Waals surface area contributed by atoms with Gasteiger partial charge in [0.25, 0.3) is 0 Å². The van der Waals surface area contributed by atoms with Gasteiger partial charge in [-0.15, -0.1) is 0 Å². The first-order valence-electron chi connectivity index (χ1n) is 7.67. The van der Waals surface area contributed by atoms with Crippen molar-refractivity contribution in [2.75, 3.05) is 6.61 Å². The molecule has 3 heteroatoms. The van der Waals surface area contributed by atoms with Crippen LogP contribution in [0.1, 0.15) is 46.1 Å². The highest BCUT2D eigenvalue weighted by molar-refractivity contribution is 5.53. The van der Waals surface area contributed by atoms with Crippen LogP contribution in [-0.2, 0) is 20.9 Å². The standard InChI is InChI=1S/C18H28O3/c1-15(13-19)17(21-18(2,3)4)11-8-12-20-14-16-9-6-5-7-10-16/h5-7,9-10,13,15,17H,8,11-12,14H2,1-4H3/t15-,17-/m0/s1. The number of hydrogen-bond acceptors (Lipinski definition) is 3. The maximum absolute atomic E-state index is 11.0. The van der Waals surface area contributed by atoms with E-state index >= 15 is 0 Å². The van der Waals surface area contributed by atoms with Gasteiger partial charge in [-0.05, 0) is 39.2 Å². The van der Waals surface area contributed by atoms with Crippen molar-refractivity contribution in [3.05, 3.63) is 35.9 Å². The number of rotatable bonds is 9. The van der Waals surface area contributed by atoms with Crippen LogP contribution < -0.4 is 0 Å². The Labute approximate surface area is 128 Å². The third kappa shape index (κ3) is 7.98. The molecule has 0 aromatic heterocycles. The van der Waals surface area contributed by atoms with E-state index in [0.717, 1.165) is 19.1 Å². The van der Waals surface area contributed by atoms with Crippen molar-refractivity contribution in [2.24, 2.45) is 5.92 Å². The van der Waals surface area contributed by atoms with Gasteiger partial charge in [0.2, 0.25) is 0 Å². The zero-order valence-corrected chi connectivity index (χ0v) is 13.7. The largest absolute Gasteiger partial charge is 0.377 e. The predicted octanol–water partition coefficient (Wildman–Crippen LogP) is 4.00. The Morgan fingerprint density at radius 3 is 2.43 bits per heavy atom. The van der Waals surface area contributed by atoms with Gasteiger partial charge in [-0.1, -0.05) is 37.3 Å². The molecule has 21 heavy (non-hydrogen) atoms. The second-order valence-electron chi connectivity index (χ2n) is 6.44. The zero-order chi connectivity index (χ0) is 15.7. The van der Waals surface area contributed by atoms with Gasteiger partial charge in [0.1, 0.15) is 6.29 Å². The molecule has 0 radical (unpaired) electrons. The molecule has 0 heterocycles. The van der Waals surface area contributed by atoms with Crippen LogP contribution in [0.25, 0.3) is 0 Å². The molecule has 1 aromatic carbocycles. The van der Waals surface area contributed by atoms with E-state index in [1.165, 1.54) is 5.56 Å². The summed E-state index contributed by atoms with van der Waals surface area (Å²) in [5.74, 6) is -0.0849. The SMILES string of the molecule is C[C@@H](C=O)[C@H](CCCOCc1ccccc1)OC(C)(C)C. The summed E-state index contributed by atoms with van der Waals surface area (Å²) in [4.78, 5) is 11.0. The number of aldehydes is 1. The molecule has 0 fully saturated rings. The molecule has 0 aliphatic rings. The van der Waals surface area contributed by atoms with Gasteiger partial charge in [-0.3, -0.25) is 0 Å². The second-order valence-corrected chi connectivity index (χ2v) is 6.44. The van der Waals surface area contributed by atoms with Gasteiger partial charge in [-0.2, -0.15) is 0 Å². The molecular weight excluding hydrogens is 264 g/mol. The van der Waals surface area contributed by atoms with Crippen LogP contribution in [0.3, 0.4) is 0 Å². The number of carbonyl (C=O) groups excluding carboxylic acids is 1. The highest BCUT2D eigenvalue weighted by Crippen LogP contribution is 2.20. The van der Waals surface area contributed by atoms with E-state index in [1.807, 2.05) is 45.9 Å². The van der Waals surface area contributed by atoms with Gasteiger partial charge in [0.05, 0.1) is 18.3 Å². The van der Waals surface area contributed by atoms with Gasteiger partial charge in [0.15, 0.2) is 0 Å². The quantitative estimate of drug-likeness (QED) is 0.510. The molecule has 0 spiro atoms. The minimum Gasteiger partial charge on any atom is -0.377 e. The molecule has 1 aromatic rings. The molecule has 0 aliphatic carbocycles. The van der Waals surface area contributed by atoms with Gasteiger partial charge in [0, 0.05) is 12.5 Å². The Kier molecular flexibility index (Phi) is 7.62. The van der Waals surface area contributed by atoms with Crippen LogP contribution in [0.15, 0.2) is 30.3 Å². The third-order valence-electron chi connectivity index (χ3n) is 3.19. The molecule has 0 saturated heterocycles. The van der Waals surface area contributed by atoms with Crippen LogP contribution in [0.2, 0.25) is 0 Å². The van der Waals surface area contributed by atoms with Gasteiger partial charge < -0.3 is 14.3 Å². The fraction of sp³-hybridized carbons (Fsp3) is 0.611. The molecule has 2 atom stereocenters. The van der Waals surface area contributed by atoms with Crippen LogP contribution in [0, 0.1) is 5.92 Å². The second kappa shape index (κ2) is 8.96.